The van der Waals surface area contributed by atoms with Crippen LogP contribution in [0.3, 0.4) is 0 Å². The lowest BCUT2D eigenvalue weighted by Gasteiger charge is -2.21. The third-order valence-electron chi connectivity index (χ3n) is 5.69. The molecule has 6 heteroatoms. The number of benzene rings is 2. The second-order valence-electron chi connectivity index (χ2n) is 7.76. The van der Waals surface area contributed by atoms with E-state index in [0.717, 1.165) is 22.6 Å². The third kappa shape index (κ3) is 3.77. The molecule has 0 atom stereocenters. The summed E-state index contributed by atoms with van der Waals surface area (Å²) >= 11 is 0. The summed E-state index contributed by atoms with van der Waals surface area (Å²) in [6.07, 6.45) is 0. The number of nitrogens with zero attached hydrogens (tertiary/aromatic N) is 3. The fourth-order valence-electron chi connectivity index (χ4n) is 4.05. The summed E-state index contributed by atoms with van der Waals surface area (Å²) in [4.78, 5) is 34.9. The molecule has 4 aromatic rings. The Morgan fingerprint density at radius 3 is 2.52 bits per heavy atom. The van der Waals surface area contributed by atoms with E-state index in [0.29, 0.717) is 28.8 Å². The number of hydrogen-bond acceptors (Lipinski definition) is 3. The van der Waals surface area contributed by atoms with E-state index in [1.54, 1.807) is 11.0 Å². The fourth-order valence-corrected chi connectivity index (χ4v) is 4.05. The summed E-state index contributed by atoms with van der Waals surface area (Å²) in [6, 6.07) is 17.3. The van der Waals surface area contributed by atoms with Crippen LogP contribution in [0.5, 0.6) is 0 Å². The molecule has 0 radical (unpaired) electrons. The molecule has 0 aliphatic heterocycles. The summed E-state index contributed by atoms with van der Waals surface area (Å²) in [5.41, 5.74) is 5.21. The van der Waals surface area contributed by atoms with Crippen LogP contribution in [0.1, 0.15) is 40.1 Å². The molecule has 2 aromatic heterocycles. The maximum Gasteiger partial charge on any atom is 0.258 e. The van der Waals surface area contributed by atoms with Gasteiger partial charge in [-0.15, -0.1) is 0 Å². The van der Waals surface area contributed by atoms with Gasteiger partial charge in [0.2, 0.25) is 0 Å². The van der Waals surface area contributed by atoms with E-state index in [1.807, 2.05) is 57.2 Å². The quantitative estimate of drug-likeness (QED) is 0.529. The molecule has 4 rings (SSSR count). The SMILES string of the molecule is CCN(Cc1nc2ccccc2c(=O)[nH]1)C(=O)c1cc(C)n(-c2ccccc2C)c1C. The minimum atomic E-state index is -0.193. The van der Waals surface area contributed by atoms with Crippen LogP contribution in [0.2, 0.25) is 0 Å². The standard InChI is InChI=1S/C25H26N4O2/c1-5-28(15-23-26-21-12-8-7-11-19(21)24(30)27-23)25(31)20-14-17(3)29(18(20)4)22-13-9-6-10-16(22)2/h6-14H,5,15H2,1-4H3,(H,26,27,30). The second-order valence-corrected chi connectivity index (χ2v) is 7.76. The molecule has 0 unspecified atom stereocenters. The molecular formula is C25H26N4O2. The van der Waals surface area contributed by atoms with E-state index >= 15 is 0 Å². The summed E-state index contributed by atoms with van der Waals surface area (Å²) in [5, 5.41) is 0.544. The number of carbonyl (C=O) groups excluding carboxylic acids is 1. The molecule has 0 saturated carbocycles. The number of carbonyl (C=O) groups is 1. The van der Waals surface area contributed by atoms with E-state index in [1.165, 1.54) is 0 Å². The molecule has 0 fully saturated rings. The molecule has 31 heavy (non-hydrogen) atoms. The number of para-hydroxylation sites is 2. The molecule has 0 spiro atoms. The van der Waals surface area contributed by atoms with Crippen molar-refractivity contribution < 1.29 is 4.79 Å². The highest BCUT2D eigenvalue weighted by Gasteiger charge is 2.22. The van der Waals surface area contributed by atoms with Gasteiger partial charge >= 0.3 is 0 Å². The monoisotopic (exact) mass is 414 g/mol. The van der Waals surface area contributed by atoms with Gasteiger partial charge in [0.1, 0.15) is 5.82 Å². The zero-order chi connectivity index (χ0) is 22.1. The van der Waals surface area contributed by atoms with Crippen LogP contribution in [0.25, 0.3) is 16.6 Å². The maximum atomic E-state index is 13.4. The van der Waals surface area contributed by atoms with Gasteiger partial charge in [-0.05, 0) is 57.5 Å². The highest BCUT2D eigenvalue weighted by atomic mass is 16.2. The van der Waals surface area contributed by atoms with E-state index in [2.05, 4.69) is 33.6 Å². The predicted molar refractivity (Wildman–Crippen MR) is 123 cm³/mol. The number of rotatable bonds is 5. The summed E-state index contributed by atoms with van der Waals surface area (Å²) in [5.74, 6) is 0.401. The lowest BCUT2D eigenvalue weighted by Crippen LogP contribution is -2.32. The van der Waals surface area contributed by atoms with Crippen LogP contribution in [0, 0.1) is 20.8 Å². The fraction of sp³-hybridized carbons (Fsp3) is 0.240. The Bertz CT molecular complexity index is 1330. The van der Waals surface area contributed by atoms with Crippen LogP contribution in [-0.2, 0) is 6.54 Å². The largest absolute Gasteiger partial charge is 0.331 e. The van der Waals surface area contributed by atoms with Gasteiger partial charge in [-0.2, -0.15) is 0 Å². The van der Waals surface area contributed by atoms with Crippen molar-refractivity contribution in [2.75, 3.05) is 6.54 Å². The molecule has 0 aliphatic carbocycles. The van der Waals surface area contributed by atoms with Crippen LogP contribution in [0.15, 0.2) is 59.4 Å². The summed E-state index contributed by atoms with van der Waals surface area (Å²) in [6.45, 7) is 8.71. The number of aryl methyl sites for hydroxylation is 2. The first-order chi connectivity index (χ1) is 14.9. The lowest BCUT2D eigenvalue weighted by molar-refractivity contribution is 0.0747. The Hall–Kier alpha value is -3.67. The average Bonchev–Trinajstić information content (AvgIpc) is 3.06. The number of aromatic nitrogens is 3. The Morgan fingerprint density at radius 2 is 1.77 bits per heavy atom. The molecule has 6 nitrogen and oxygen atoms in total. The molecular weight excluding hydrogens is 388 g/mol. The van der Waals surface area contributed by atoms with Gasteiger partial charge in [-0.3, -0.25) is 9.59 Å². The van der Waals surface area contributed by atoms with Gasteiger partial charge in [-0.1, -0.05) is 30.3 Å². The molecule has 2 aromatic carbocycles. The van der Waals surface area contributed by atoms with E-state index in [-0.39, 0.29) is 18.0 Å². The van der Waals surface area contributed by atoms with Crippen molar-refractivity contribution in [1.82, 2.24) is 19.4 Å². The minimum absolute atomic E-state index is 0.0776. The van der Waals surface area contributed by atoms with Crippen molar-refractivity contribution in [3.8, 4) is 5.69 Å². The topological polar surface area (TPSA) is 71.0 Å². The number of aromatic amines is 1. The molecule has 158 valence electrons. The number of amides is 1. The number of fused-ring (bicyclic) bond motifs is 1. The highest BCUT2D eigenvalue weighted by Crippen LogP contribution is 2.24. The van der Waals surface area contributed by atoms with Gasteiger partial charge < -0.3 is 14.5 Å². The lowest BCUT2D eigenvalue weighted by atomic mass is 10.2. The van der Waals surface area contributed by atoms with Crippen molar-refractivity contribution in [3.63, 3.8) is 0 Å². The van der Waals surface area contributed by atoms with E-state index in [9.17, 15) is 9.59 Å². The Balaban J connectivity index is 1.68. The minimum Gasteiger partial charge on any atom is -0.331 e. The molecule has 1 N–H and O–H groups in total. The first kappa shape index (κ1) is 20.6. The number of H-pyrrole nitrogens is 1. The van der Waals surface area contributed by atoms with Crippen molar-refractivity contribution >= 4 is 16.8 Å². The highest BCUT2D eigenvalue weighted by molar-refractivity contribution is 5.96. The van der Waals surface area contributed by atoms with Crippen LogP contribution in [-0.4, -0.2) is 31.9 Å². The number of hydrogen-bond donors (Lipinski definition) is 1. The van der Waals surface area contributed by atoms with Crippen molar-refractivity contribution in [3.05, 3.63) is 93.3 Å². The van der Waals surface area contributed by atoms with Crippen molar-refractivity contribution in [2.45, 2.75) is 34.2 Å². The van der Waals surface area contributed by atoms with Gasteiger partial charge in [0.05, 0.1) is 23.0 Å². The summed E-state index contributed by atoms with van der Waals surface area (Å²) in [7, 11) is 0. The van der Waals surface area contributed by atoms with Gasteiger partial charge in [-0.25, -0.2) is 4.98 Å². The van der Waals surface area contributed by atoms with Gasteiger partial charge in [0.25, 0.3) is 11.5 Å². The third-order valence-corrected chi connectivity index (χ3v) is 5.69. The Kier molecular flexibility index (Phi) is 5.46. The first-order valence-electron chi connectivity index (χ1n) is 10.4. The average molecular weight is 415 g/mol. The van der Waals surface area contributed by atoms with Crippen LogP contribution in [0.4, 0.5) is 0 Å². The molecule has 0 aliphatic rings. The number of nitrogens with one attached hydrogen (secondary N) is 1. The van der Waals surface area contributed by atoms with Crippen LogP contribution < -0.4 is 5.56 Å². The van der Waals surface area contributed by atoms with E-state index < -0.39 is 0 Å². The zero-order valence-electron chi connectivity index (χ0n) is 18.3. The molecule has 0 bridgehead atoms. The van der Waals surface area contributed by atoms with Gasteiger partial charge in [0.15, 0.2) is 0 Å². The second kappa shape index (κ2) is 8.22. The Morgan fingerprint density at radius 1 is 1.06 bits per heavy atom. The van der Waals surface area contributed by atoms with Crippen molar-refractivity contribution in [1.29, 1.82) is 0 Å². The smallest absolute Gasteiger partial charge is 0.258 e. The van der Waals surface area contributed by atoms with Crippen molar-refractivity contribution in [2.24, 2.45) is 0 Å². The maximum absolute atomic E-state index is 13.4. The summed E-state index contributed by atoms with van der Waals surface area (Å²) < 4.78 is 2.12. The molecule has 2 heterocycles. The molecule has 0 saturated heterocycles. The van der Waals surface area contributed by atoms with E-state index in [4.69, 9.17) is 0 Å². The predicted octanol–water partition coefficient (Wildman–Crippen LogP) is 4.30. The Labute approximate surface area is 181 Å². The van der Waals surface area contributed by atoms with Crippen LogP contribution >= 0.6 is 0 Å². The zero-order valence-corrected chi connectivity index (χ0v) is 18.3. The van der Waals surface area contributed by atoms with Gasteiger partial charge in [0, 0.05) is 23.6 Å². The normalized spacial score (nSPS) is 11.1. The first-order valence-corrected chi connectivity index (χ1v) is 10.4. The molecule has 1 amide bonds.